The number of aliphatic hydroxyl groups is 4. The Morgan fingerprint density at radius 3 is 1.98 bits per heavy atom. The van der Waals surface area contributed by atoms with E-state index in [4.69, 9.17) is 18.9 Å². The summed E-state index contributed by atoms with van der Waals surface area (Å²) in [4.78, 5) is 24.3. The van der Waals surface area contributed by atoms with Crippen LogP contribution in [0.15, 0.2) is 24.3 Å². The Labute approximate surface area is 258 Å². The molecular formula is C33H58O10. The van der Waals surface area contributed by atoms with Crippen molar-refractivity contribution < 1.29 is 49.0 Å². The topological polar surface area (TPSA) is 152 Å². The van der Waals surface area contributed by atoms with Crippen molar-refractivity contribution in [3.05, 3.63) is 24.3 Å². The zero-order chi connectivity index (χ0) is 31.7. The van der Waals surface area contributed by atoms with Gasteiger partial charge in [-0.05, 0) is 44.9 Å². The second kappa shape index (κ2) is 25.5. The molecule has 1 aliphatic rings. The molecule has 6 unspecified atom stereocenters. The van der Waals surface area contributed by atoms with Gasteiger partial charge in [0.05, 0.1) is 13.2 Å². The van der Waals surface area contributed by atoms with E-state index in [0.29, 0.717) is 12.8 Å². The van der Waals surface area contributed by atoms with Crippen LogP contribution < -0.4 is 0 Å². The van der Waals surface area contributed by atoms with Gasteiger partial charge in [0.2, 0.25) is 0 Å². The summed E-state index contributed by atoms with van der Waals surface area (Å²) in [6, 6.07) is 0. The molecule has 0 amide bonds. The maximum absolute atomic E-state index is 12.5. The minimum Gasteiger partial charge on any atom is -0.462 e. The summed E-state index contributed by atoms with van der Waals surface area (Å²) in [5.41, 5.74) is 0. The lowest BCUT2D eigenvalue weighted by molar-refractivity contribution is -0.305. The van der Waals surface area contributed by atoms with E-state index >= 15 is 0 Å². The maximum Gasteiger partial charge on any atom is 0.306 e. The van der Waals surface area contributed by atoms with Gasteiger partial charge in [-0.1, -0.05) is 83.1 Å². The summed E-state index contributed by atoms with van der Waals surface area (Å²) in [6.07, 6.45) is 16.5. The summed E-state index contributed by atoms with van der Waals surface area (Å²) in [5.74, 6) is -0.880. The van der Waals surface area contributed by atoms with E-state index in [1.807, 2.05) is 6.92 Å². The third-order valence-corrected chi connectivity index (χ3v) is 7.31. The van der Waals surface area contributed by atoms with Crippen LogP contribution in [0.25, 0.3) is 0 Å². The van der Waals surface area contributed by atoms with Gasteiger partial charge in [-0.15, -0.1) is 0 Å². The van der Waals surface area contributed by atoms with E-state index in [1.165, 1.54) is 44.9 Å². The fourth-order valence-corrected chi connectivity index (χ4v) is 4.66. The zero-order valence-electron chi connectivity index (χ0n) is 26.4. The van der Waals surface area contributed by atoms with Crippen molar-refractivity contribution in [2.24, 2.45) is 0 Å². The van der Waals surface area contributed by atoms with Crippen molar-refractivity contribution >= 4 is 11.9 Å². The van der Waals surface area contributed by atoms with Crippen LogP contribution in [0.5, 0.6) is 0 Å². The number of ether oxygens (including phenoxy) is 4. The van der Waals surface area contributed by atoms with Crippen molar-refractivity contribution in [2.75, 3.05) is 19.8 Å². The van der Waals surface area contributed by atoms with Crippen molar-refractivity contribution in [3.8, 4) is 0 Å². The molecule has 10 heteroatoms. The van der Waals surface area contributed by atoms with Gasteiger partial charge in [-0.25, -0.2) is 0 Å². The first-order chi connectivity index (χ1) is 20.8. The molecule has 0 aromatic rings. The van der Waals surface area contributed by atoms with Crippen molar-refractivity contribution in [2.45, 2.75) is 153 Å². The highest BCUT2D eigenvalue weighted by Gasteiger charge is 2.44. The second-order valence-corrected chi connectivity index (χ2v) is 11.3. The van der Waals surface area contributed by atoms with Gasteiger partial charge < -0.3 is 39.4 Å². The molecule has 0 spiro atoms. The average molecular weight is 615 g/mol. The molecule has 0 bridgehead atoms. The first-order valence-corrected chi connectivity index (χ1v) is 16.4. The Morgan fingerprint density at radius 2 is 1.35 bits per heavy atom. The summed E-state index contributed by atoms with van der Waals surface area (Å²) >= 11 is 0. The fraction of sp³-hybridized carbons (Fsp3) is 0.818. The lowest BCUT2D eigenvalue weighted by Crippen LogP contribution is -2.59. The first-order valence-electron chi connectivity index (χ1n) is 16.4. The molecule has 10 nitrogen and oxygen atoms in total. The van der Waals surface area contributed by atoms with Gasteiger partial charge in [0.1, 0.15) is 31.0 Å². The molecule has 0 radical (unpaired) electrons. The molecule has 1 aliphatic heterocycles. The van der Waals surface area contributed by atoms with Gasteiger partial charge in [0.15, 0.2) is 12.4 Å². The summed E-state index contributed by atoms with van der Waals surface area (Å²) < 4.78 is 21.5. The highest BCUT2D eigenvalue weighted by molar-refractivity contribution is 5.70. The van der Waals surface area contributed by atoms with E-state index < -0.39 is 55.4 Å². The van der Waals surface area contributed by atoms with E-state index in [9.17, 15) is 30.0 Å². The largest absolute Gasteiger partial charge is 0.462 e. The minimum absolute atomic E-state index is 0.220. The Morgan fingerprint density at radius 1 is 0.721 bits per heavy atom. The SMILES string of the molecule is CCCCC/C=C\C/C=C\CCCCCCCCCC(=O)OC(COC(=O)CCC)COC1OC(CO)C(O)C(O)C1O. The number of hydrogen-bond donors (Lipinski definition) is 4. The lowest BCUT2D eigenvalue weighted by atomic mass is 9.99. The average Bonchev–Trinajstić information content (AvgIpc) is 2.99. The summed E-state index contributed by atoms with van der Waals surface area (Å²) in [5, 5.41) is 39.4. The quantitative estimate of drug-likeness (QED) is 0.0649. The molecule has 0 saturated carbocycles. The second-order valence-electron chi connectivity index (χ2n) is 11.3. The Kier molecular flexibility index (Phi) is 23.3. The van der Waals surface area contributed by atoms with Crippen molar-refractivity contribution in [1.82, 2.24) is 0 Å². The Bertz CT molecular complexity index is 769. The van der Waals surface area contributed by atoms with Gasteiger partial charge >= 0.3 is 11.9 Å². The van der Waals surface area contributed by atoms with Crippen molar-refractivity contribution in [1.29, 1.82) is 0 Å². The molecular weight excluding hydrogens is 556 g/mol. The van der Waals surface area contributed by atoms with Crippen LogP contribution in [-0.4, -0.2) is 89.0 Å². The summed E-state index contributed by atoms with van der Waals surface area (Å²) in [7, 11) is 0. The number of unbranched alkanes of at least 4 members (excludes halogenated alkanes) is 10. The Balaban J connectivity index is 2.26. The number of hydrogen-bond acceptors (Lipinski definition) is 10. The number of allylic oxidation sites excluding steroid dienone is 4. The summed E-state index contributed by atoms with van der Waals surface area (Å²) in [6.45, 7) is 2.97. The van der Waals surface area contributed by atoms with Crippen LogP contribution in [0.4, 0.5) is 0 Å². The molecule has 43 heavy (non-hydrogen) atoms. The number of rotatable bonds is 25. The lowest BCUT2D eigenvalue weighted by Gasteiger charge is -2.39. The van der Waals surface area contributed by atoms with Gasteiger partial charge in [0.25, 0.3) is 0 Å². The van der Waals surface area contributed by atoms with Gasteiger partial charge in [-0.2, -0.15) is 0 Å². The monoisotopic (exact) mass is 614 g/mol. The molecule has 4 N–H and O–H groups in total. The van der Waals surface area contributed by atoms with Gasteiger partial charge in [0, 0.05) is 12.8 Å². The highest BCUT2D eigenvalue weighted by Crippen LogP contribution is 2.22. The molecule has 1 fully saturated rings. The maximum atomic E-state index is 12.5. The standard InChI is InChI=1S/C33H58O10/c1-3-5-6-7-8-9-10-11-12-13-14-15-16-17-18-19-20-22-29(36)42-26(24-40-28(35)21-4-2)25-41-33-32(39)31(38)30(37)27(23-34)43-33/h8-9,11-12,26-27,30-34,37-39H,3-7,10,13-25H2,1-2H3/b9-8-,12-11-. The normalized spacial score (nSPS) is 23.2. The predicted molar refractivity (Wildman–Crippen MR) is 164 cm³/mol. The van der Waals surface area contributed by atoms with Crippen LogP contribution in [0.1, 0.15) is 117 Å². The Hall–Kier alpha value is -1.82. The molecule has 1 rings (SSSR count). The molecule has 1 saturated heterocycles. The third-order valence-electron chi connectivity index (χ3n) is 7.31. The molecule has 0 aliphatic carbocycles. The smallest absolute Gasteiger partial charge is 0.306 e. The predicted octanol–water partition coefficient (Wildman–Crippen LogP) is 4.65. The third kappa shape index (κ3) is 18.6. The van der Waals surface area contributed by atoms with Crippen LogP contribution in [-0.2, 0) is 28.5 Å². The van der Waals surface area contributed by atoms with Gasteiger partial charge in [-0.3, -0.25) is 9.59 Å². The highest BCUT2D eigenvalue weighted by atomic mass is 16.7. The van der Waals surface area contributed by atoms with E-state index in [1.54, 1.807) is 0 Å². The molecule has 0 aromatic carbocycles. The first kappa shape index (κ1) is 39.2. The number of carbonyl (C=O) groups excluding carboxylic acids is 2. The fourth-order valence-electron chi connectivity index (χ4n) is 4.66. The number of aliphatic hydroxyl groups excluding tert-OH is 4. The van der Waals surface area contributed by atoms with Crippen LogP contribution >= 0.6 is 0 Å². The van der Waals surface area contributed by atoms with Crippen LogP contribution in [0.3, 0.4) is 0 Å². The number of carbonyl (C=O) groups is 2. The van der Waals surface area contributed by atoms with Crippen molar-refractivity contribution in [3.63, 3.8) is 0 Å². The van der Waals surface area contributed by atoms with E-state index in [-0.39, 0.29) is 26.1 Å². The molecule has 1 heterocycles. The zero-order valence-corrected chi connectivity index (χ0v) is 26.4. The minimum atomic E-state index is -1.59. The van der Waals surface area contributed by atoms with E-state index in [2.05, 4.69) is 31.2 Å². The number of esters is 2. The van der Waals surface area contributed by atoms with Crippen LogP contribution in [0, 0.1) is 0 Å². The molecule has 250 valence electrons. The molecule has 0 aromatic heterocycles. The van der Waals surface area contributed by atoms with E-state index in [0.717, 1.165) is 32.1 Å². The molecule has 6 atom stereocenters. The van der Waals surface area contributed by atoms with Crippen LogP contribution in [0.2, 0.25) is 0 Å².